The molecule has 1 aliphatic rings. The second-order valence-corrected chi connectivity index (χ2v) is 6.75. The molecule has 0 aromatic carbocycles. The van der Waals surface area contributed by atoms with E-state index in [4.69, 9.17) is 5.73 Å². The Morgan fingerprint density at radius 1 is 1.56 bits per heavy atom. The summed E-state index contributed by atoms with van der Waals surface area (Å²) in [5, 5.41) is 3.05. The molecular weight excluding hydrogens is 296 g/mol. The lowest BCUT2D eigenvalue weighted by atomic mass is 10.2. The van der Waals surface area contributed by atoms with Crippen LogP contribution < -0.4 is 11.1 Å². The van der Waals surface area contributed by atoms with Gasteiger partial charge in [0.2, 0.25) is 5.95 Å². The third-order valence-corrected chi connectivity index (χ3v) is 4.68. The van der Waals surface area contributed by atoms with Crippen LogP contribution in [0.4, 0.5) is 11.8 Å². The number of aromatic nitrogens is 2. The van der Waals surface area contributed by atoms with Crippen LogP contribution in [-0.4, -0.2) is 35.9 Å². The maximum atomic E-state index is 11.3. The first-order chi connectivity index (χ1) is 7.46. The Balaban J connectivity index is 2.13. The van der Waals surface area contributed by atoms with E-state index in [1.54, 1.807) is 0 Å². The summed E-state index contributed by atoms with van der Waals surface area (Å²) in [5.74, 6) is 1.06. The molecule has 1 fully saturated rings. The maximum absolute atomic E-state index is 11.3. The standard InChI is InChI=1S/C8H11BrN4O2S/c9-6-3-11-8(10)13-7(6)12-5-1-2-16(14,15)4-5/h3,5H,1-2,4H2,(H3,10,11,12,13). The highest BCUT2D eigenvalue weighted by atomic mass is 79.9. The van der Waals surface area contributed by atoms with Gasteiger partial charge in [-0.25, -0.2) is 13.4 Å². The number of nitrogens with one attached hydrogen (secondary N) is 1. The minimum atomic E-state index is -2.89. The van der Waals surface area contributed by atoms with Crippen molar-refractivity contribution in [1.29, 1.82) is 0 Å². The van der Waals surface area contributed by atoms with Gasteiger partial charge in [0.25, 0.3) is 0 Å². The van der Waals surface area contributed by atoms with Gasteiger partial charge in [0.1, 0.15) is 5.82 Å². The molecule has 0 aliphatic carbocycles. The molecule has 0 amide bonds. The molecule has 2 rings (SSSR count). The topological polar surface area (TPSA) is 98.0 Å². The second kappa shape index (κ2) is 4.17. The van der Waals surface area contributed by atoms with Crippen molar-refractivity contribution in [3.05, 3.63) is 10.7 Å². The lowest BCUT2D eigenvalue weighted by Crippen LogP contribution is -2.21. The highest BCUT2D eigenvalue weighted by molar-refractivity contribution is 9.10. The average molecular weight is 307 g/mol. The number of anilines is 2. The third-order valence-electron chi connectivity index (χ3n) is 2.34. The first kappa shape index (κ1) is 11.6. The molecule has 1 atom stereocenters. The average Bonchev–Trinajstić information content (AvgIpc) is 2.52. The van der Waals surface area contributed by atoms with Gasteiger partial charge < -0.3 is 11.1 Å². The lowest BCUT2D eigenvalue weighted by Gasteiger charge is -2.12. The molecule has 3 N–H and O–H groups in total. The Morgan fingerprint density at radius 2 is 2.31 bits per heavy atom. The number of nitrogens with two attached hydrogens (primary N) is 1. The number of rotatable bonds is 2. The van der Waals surface area contributed by atoms with Crippen molar-refractivity contribution in [3.8, 4) is 0 Å². The van der Waals surface area contributed by atoms with Gasteiger partial charge in [-0.2, -0.15) is 4.98 Å². The summed E-state index contributed by atoms with van der Waals surface area (Å²) in [6.07, 6.45) is 2.13. The van der Waals surface area contributed by atoms with E-state index in [0.717, 1.165) is 0 Å². The summed E-state index contributed by atoms with van der Waals surface area (Å²) in [6, 6.07) is -0.101. The van der Waals surface area contributed by atoms with E-state index >= 15 is 0 Å². The Hall–Kier alpha value is -0.890. The van der Waals surface area contributed by atoms with Crippen LogP contribution in [0.2, 0.25) is 0 Å². The number of sulfone groups is 1. The molecule has 88 valence electrons. The van der Waals surface area contributed by atoms with Gasteiger partial charge in [-0.3, -0.25) is 0 Å². The number of hydrogen-bond donors (Lipinski definition) is 2. The van der Waals surface area contributed by atoms with Crippen molar-refractivity contribution in [2.24, 2.45) is 0 Å². The summed E-state index contributed by atoms with van der Waals surface area (Å²) >= 11 is 3.27. The maximum Gasteiger partial charge on any atom is 0.221 e. The zero-order valence-corrected chi connectivity index (χ0v) is 10.8. The summed E-state index contributed by atoms with van der Waals surface area (Å²) in [7, 11) is -2.89. The summed E-state index contributed by atoms with van der Waals surface area (Å²) < 4.78 is 23.2. The third kappa shape index (κ3) is 2.62. The van der Waals surface area contributed by atoms with Crippen LogP contribution in [0.5, 0.6) is 0 Å². The van der Waals surface area contributed by atoms with Crippen molar-refractivity contribution in [2.75, 3.05) is 22.6 Å². The van der Waals surface area contributed by atoms with Gasteiger partial charge >= 0.3 is 0 Å². The molecule has 0 radical (unpaired) electrons. The highest BCUT2D eigenvalue weighted by Gasteiger charge is 2.28. The molecule has 0 bridgehead atoms. The van der Waals surface area contributed by atoms with E-state index in [1.165, 1.54) is 6.20 Å². The molecule has 0 spiro atoms. The largest absolute Gasteiger partial charge is 0.368 e. The van der Waals surface area contributed by atoms with Crippen molar-refractivity contribution < 1.29 is 8.42 Å². The van der Waals surface area contributed by atoms with Gasteiger partial charge in [-0.1, -0.05) is 0 Å². The molecule has 1 aromatic heterocycles. The molecular formula is C8H11BrN4O2S. The van der Waals surface area contributed by atoms with Crippen molar-refractivity contribution >= 4 is 37.5 Å². The van der Waals surface area contributed by atoms with Gasteiger partial charge in [0.15, 0.2) is 9.84 Å². The van der Waals surface area contributed by atoms with Gasteiger partial charge in [0, 0.05) is 12.2 Å². The predicted octanol–water partition coefficient (Wildman–Crippen LogP) is 0.420. The summed E-state index contributed by atoms with van der Waals surface area (Å²) in [6.45, 7) is 0. The molecule has 1 aromatic rings. The van der Waals surface area contributed by atoms with E-state index in [2.05, 4.69) is 31.2 Å². The van der Waals surface area contributed by atoms with Crippen LogP contribution in [-0.2, 0) is 9.84 Å². The fourth-order valence-corrected chi connectivity index (χ4v) is 3.56. The van der Waals surface area contributed by atoms with Crippen LogP contribution in [0.1, 0.15) is 6.42 Å². The molecule has 0 saturated carbocycles. The summed E-state index contributed by atoms with van der Waals surface area (Å²) in [4.78, 5) is 7.80. The number of nitrogens with zero attached hydrogens (tertiary/aromatic N) is 2. The Bertz CT molecular complexity index is 505. The van der Waals surface area contributed by atoms with E-state index in [9.17, 15) is 8.42 Å². The van der Waals surface area contributed by atoms with Crippen LogP contribution in [0.3, 0.4) is 0 Å². The van der Waals surface area contributed by atoms with Crippen LogP contribution >= 0.6 is 15.9 Å². The van der Waals surface area contributed by atoms with E-state index in [-0.39, 0.29) is 23.5 Å². The Kier molecular flexibility index (Phi) is 3.02. The molecule has 8 heteroatoms. The van der Waals surface area contributed by atoms with Gasteiger partial charge in [-0.15, -0.1) is 0 Å². The predicted molar refractivity (Wildman–Crippen MR) is 64.8 cm³/mol. The number of nitrogen functional groups attached to an aromatic ring is 1. The van der Waals surface area contributed by atoms with Crippen LogP contribution in [0.25, 0.3) is 0 Å². The smallest absolute Gasteiger partial charge is 0.221 e. The molecule has 6 nitrogen and oxygen atoms in total. The fraction of sp³-hybridized carbons (Fsp3) is 0.500. The number of hydrogen-bond acceptors (Lipinski definition) is 6. The van der Waals surface area contributed by atoms with E-state index in [1.807, 2.05) is 0 Å². The summed E-state index contributed by atoms with van der Waals surface area (Å²) in [5.41, 5.74) is 5.45. The molecule has 2 heterocycles. The number of halogens is 1. The lowest BCUT2D eigenvalue weighted by molar-refractivity contribution is 0.602. The molecule has 16 heavy (non-hydrogen) atoms. The Morgan fingerprint density at radius 3 is 2.94 bits per heavy atom. The van der Waals surface area contributed by atoms with Gasteiger partial charge in [0.05, 0.1) is 16.0 Å². The fourth-order valence-electron chi connectivity index (χ4n) is 1.58. The first-order valence-electron chi connectivity index (χ1n) is 4.71. The molecule has 1 saturated heterocycles. The quantitative estimate of drug-likeness (QED) is 0.822. The van der Waals surface area contributed by atoms with Gasteiger partial charge in [-0.05, 0) is 22.4 Å². The minimum absolute atomic E-state index is 0.101. The molecule has 1 aliphatic heterocycles. The van der Waals surface area contributed by atoms with Crippen molar-refractivity contribution in [2.45, 2.75) is 12.5 Å². The first-order valence-corrected chi connectivity index (χ1v) is 7.33. The normalized spacial score (nSPS) is 23.2. The monoisotopic (exact) mass is 306 g/mol. The second-order valence-electron chi connectivity index (χ2n) is 3.67. The van der Waals surface area contributed by atoms with Crippen LogP contribution in [0.15, 0.2) is 10.7 Å². The zero-order chi connectivity index (χ0) is 11.8. The van der Waals surface area contributed by atoms with E-state index in [0.29, 0.717) is 16.7 Å². The molecule has 1 unspecified atom stereocenters. The Labute approximate surface area is 102 Å². The van der Waals surface area contributed by atoms with Crippen molar-refractivity contribution in [1.82, 2.24) is 9.97 Å². The highest BCUT2D eigenvalue weighted by Crippen LogP contribution is 2.23. The minimum Gasteiger partial charge on any atom is -0.368 e. The zero-order valence-electron chi connectivity index (χ0n) is 8.35. The van der Waals surface area contributed by atoms with E-state index < -0.39 is 9.84 Å². The SMILES string of the molecule is Nc1ncc(Br)c(NC2CCS(=O)(=O)C2)n1. The van der Waals surface area contributed by atoms with Crippen molar-refractivity contribution in [3.63, 3.8) is 0 Å². The van der Waals surface area contributed by atoms with Crippen LogP contribution in [0, 0.1) is 0 Å².